The minimum atomic E-state index is -0.210. The SMILES string of the molecule is CCOc1ccc(-c2cc(C(=O)Nc3cc(C)cc(C)n3)c3ccccc3n2)cc1. The molecule has 2 aromatic carbocycles. The van der Waals surface area contributed by atoms with E-state index in [0.717, 1.165) is 39.2 Å². The van der Waals surface area contributed by atoms with Crippen molar-refractivity contribution >= 4 is 22.6 Å². The Morgan fingerprint density at radius 2 is 1.73 bits per heavy atom. The van der Waals surface area contributed by atoms with Crippen molar-refractivity contribution < 1.29 is 9.53 Å². The number of benzene rings is 2. The summed E-state index contributed by atoms with van der Waals surface area (Å²) in [6.45, 7) is 6.46. The Morgan fingerprint density at radius 3 is 2.47 bits per heavy atom. The highest BCUT2D eigenvalue weighted by Crippen LogP contribution is 2.27. The van der Waals surface area contributed by atoms with Crippen LogP contribution in [0.5, 0.6) is 5.75 Å². The first-order valence-electron chi connectivity index (χ1n) is 9.93. The molecule has 0 aliphatic rings. The molecule has 2 aromatic heterocycles. The molecule has 0 bridgehead atoms. The van der Waals surface area contributed by atoms with Gasteiger partial charge in [0.2, 0.25) is 0 Å². The highest BCUT2D eigenvalue weighted by Gasteiger charge is 2.15. The number of para-hydroxylation sites is 1. The Kier molecular flexibility index (Phi) is 5.44. The normalized spacial score (nSPS) is 10.8. The van der Waals surface area contributed by atoms with Gasteiger partial charge >= 0.3 is 0 Å². The summed E-state index contributed by atoms with van der Waals surface area (Å²) in [5, 5.41) is 3.74. The lowest BCUT2D eigenvalue weighted by atomic mass is 10.0. The molecule has 2 heterocycles. The summed E-state index contributed by atoms with van der Waals surface area (Å²) < 4.78 is 5.52. The number of carbonyl (C=O) groups is 1. The number of amides is 1. The second-order valence-electron chi connectivity index (χ2n) is 7.15. The molecule has 1 amide bonds. The lowest BCUT2D eigenvalue weighted by Crippen LogP contribution is -2.14. The fourth-order valence-corrected chi connectivity index (χ4v) is 3.49. The Hall–Kier alpha value is -3.73. The van der Waals surface area contributed by atoms with Gasteiger partial charge in [-0.25, -0.2) is 9.97 Å². The van der Waals surface area contributed by atoms with Gasteiger partial charge in [-0.1, -0.05) is 18.2 Å². The third-order valence-electron chi connectivity index (χ3n) is 4.76. The number of anilines is 1. The Bertz CT molecular complexity index is 1200. The first-order valence-corrected chi connectivity index (χ1v) is 9.93. The molecule has 0 saturated carbocycles. The molecule has 0 saturated heterocycles. The largest absolute Gasteiger partial charge is 0.494 e. The second-order valence-corrected chi connectivity index (χ2v) is 7.15. The van der Waals surface area contributed by atoms with Crippen LogP contribution in [-0.2, 0) is 0 Å². The summed E-state index contributed by atoms with van der Waals surface area (Å²) in [4.78, 5) is 22.4. The van der Waals surface area contributed by atoms with Gasteiger partial charge in [-0.2, -0.15) is 0 Å². The zero-order chi connectivity index (χ0) is 21.1. The van der Waals surface area contributed by atoms with Gasteiger partial charge in [0, 0.05) is 16.6 Å². The molecular weight excluding hydrogens is 374 g/mol. The van der Waals surface area contributed by atoms with Crippen LogP contribution in [-0.4, -0.2) is 22.5 Å². The van der Waals surface area contributed by atoms with Crippen LogP contribution in [0.3, 0.4) is 0 Å². The van der Waals surface area contributed by atoms with Gasteiger partial charge in [0.1, 0.15) is 11.6 Å². The Balaban J connectivity index is 1.75. The van der Waals surface area contributed by atoms with Crippen molar-refractivity contribution in [3.63, 3.8) is 0 Å². The zero-order valence-electron chi connectivity index (χ0n) is 17.3. The van der Waals surface area contributed by atoms with Crippen molar-refractivity contribution in [2.75, 3.05) is 11.9 Å². The van der Waals surface area contributed by atoms with Crippen molar-refractivity contribution in [1.82, 2.24) is 9.97 Å². The molecule has 0 aliphatic carbocycles. The van der Waals surface area contributed by atoms with Gasteiger partial charge < -0.3 is 10.1 Å². The fraction of sp³-hybridized carbons (Fsp3) is 0.160. The van der Waals surface area contributed by atoms with Crippen molar-refractivity contribution in [3.05, 3.63) is 83.6 Å². The molecule has 1 N–H and O–H groups in total. The summed E-state index contributed by atoms with van der Waals surface area (Å²) in [7, 11) is 0. The lowest BCUT2D eigenvalue weighted by molar-refractivity contribution is 0.102. The van der Waals surface area contributed by atoms with Crippen molar-refractivity contribution in [3.8, 4) is 17.0 Å². The Morgan fingerprint density at radius 1 is 0.967 bits per heavy atom. The maximum atomic E-state index is 13.2. The number of pyridine rings is 2. The highest BCUT2D eigenvalue weighted by molar-refractivity contribution is 6.12. The maximum Gasteiger partial charge on any atom is 0.257 e. The molecule has 0 aliphatic heterocycles. The molecule has 4 rings (SSSR count). The molecule has 0 fully saturated rings. The Labute approximate surface area is 175 Å². The quantitative estimate of drug-likeness (QED) is 0.478. The van der Waals surface area contributed by atoms with Gasteiger partial charge in [-0.05, 0) is 74.9 Å². The first-order chi connectivity index (χ1) is 14.5. The van der Waals surface area contributed by atoms with Crippen LogP contribution in [0, 0.1) is 13.8 Å². The van der Waals surface area contributed by atoms with E-state index in [4.69, 9.17) is 9.72 Å². The van der Waals surface area contributed by atoms with E-state index >= 15 is 0 Å². The third kappa shape index (κ3) is 4.15. The van der Waals surface area contributed by atoms with E-state index in [0.29, 0.717) is 18.0 Å². The zero-order valence-corrected chi connectivity index (χ0v) is 17.3. The van der Waals surface area contributed by atoms with Gasteiger partial charge in [0.05, 0.1) is 23.4 Å². The summed E-state index contributed by atoms with van der Waals surface area (Å²) in [5.74, 6) is 1.14. The molecule has 0 radical (unpaired) electrons. The molecule has 0 unspecified atom stereocenters. The molecular formula is C25H23N3O2. The van der Waals surface area contributed by atoms with Crippen molar-refractivity contribution in [2.24, 2.45) is 0 Å². The van der Waals surface area contributed by atoms with Gasteiger partial charge in [0.15, 0.2) is 0 Å². The number of fused-ring (bicyclic) bond motifs is 1. The number of carbonyl (C=O) groups excluding carboxylic acids is 1. The van der Waals surface area contributed by atoms with Crippen LogP contribution in [0.4, 0.5) is 5.82 Å². The second kappa shape index (κ2) is 8.33. The van der Waals surface area contributed by atoms with Crippen molar-refractivity contribution in [2.45, 2.75) is 20.8 Å². The molecule has 0 spiro atoms. The number of nitrogens with one attached hydrogen (secondary N) is 1. The lowest BCUT2D eigenvalue weighted by Gasteiger charge is -2.11. The van der Waals surface area contributed by atoms with Crippen LogP contribution < -0.4 is 10.1 Å². The predicted molar refractivity (Wildman–Crippen MR) is 120 cm³/mol. The summed E-state index contributed by atoms with van der Waals surface area (Å²) >= 11 is 0. The number of ether oxygens (including phenoxy) is 1. The van der Waals surface area contributed by atoms with E-state index in [1.807, 2.05) is 87.5 Å². The highest BCUT2D eigenvalue weighted by atomic mass is 16.5. The monoisotopic (exact) mass is 397 g/mol. The van der Waals surface area contributed by atoms with E-state index in [2.05, 4.69) is 10.3 Å². The maximum absolute atomic E-state index is 13.2. The standard InChI is InChI=1S/C25H23N3O2/c1-4-30-19-11-9-18(10-12-19)23-15-21(20-7-5-6-8-22(20)27-23)25(29)28-24-14-16(2)13-17(3)26-24/h5-15H,4H2,1-3H3,(H,26,28,29). The van der Waals surface area contributed by atoms with Crippen LogP contribution in [0.1, 0.15) is 28.5 Å². The van der Waals surface area contributed by atoms with Crippen LogP contribution in [0.25, 0.3) is 22.2 Å². The number of hydrogen-bond acceptors (Lipinski definition) is 4. The molecule has 5 heteroatoms. The van der Waals surface area contributed by atoms with Gasteiger partial charge in [0.25, 0.3) is 5.91 Å². The van der Waals surface area contributed by atoms with E-state index in [1.165, 1.54) is 0 Å². The third-order valence-corrected chi connectivity index (χ3v) is 4.76. The molecule has 5 nitrogen and oxygen atoms in total. The number of aryl methyl sites for hydroxylation is 2. The van der Waals surface area contributed by atoms with E-state index in [9.17, 15) is 4.79 Å². The van der Waals surface area contributed by atoms with Crippen molar-refractivity contribution in [1.29, 1.82) is 0 Å². The van der Waals surface area contributed by atoms with Gasteiger partial charge in [-0.15, -0.1) is 0 Å². The molecule has 150 valence electrons. The fourth-order valence-electron chi connectivity index (χ4n) is 3.49. The summed E-state index contributed by atoms with van der Waals surface area (Å²) in [5.41, 5.74) is 4.89. The summed E-state index contributed by atoms with van der Waals surface area (Å²) in [6.07, 6.45) is 0. The van der Waals surface area contributed by atoms with E-state index < -0.39 is 0 Å². The van der Waals surface area contributed by atoms with Crippen LogP contribution >= 0.6 is 0 Å². The van der Waals surface area contributed by atoms with Crippen LogP contribution in [0.15, 0.2) is 66.7 Å². The smallest absolute Gasteiger partial charge is 0.257 e. The molecule has 4 aromatic rings. The minimum absolute atomic E-state index is 0.210. The topological polar surface area (TPSA) is 64.1 Å². The number of aromatic nitrogens is 2. The molecule has 0 atom stereocenters. The van der Waals surface area contributed by atoms with E-state index in [-0.39, 0.29) is 5.91 Å². The average molecular weight is 397 g/mol. The minimum Gasteiger partial charge on any atom is -0.494 e. The first kappa shape index (κ1) is 19.6. The van der Waals surface area contributed by atoms with Gasteiger partial charge in [-0.3, -0.25) is 4.79 Å². The predicted octanol–water partition coefficient (Wildman–Crippen LogP) is 5.56. The summed E-state index contributed by atoms with van der Waals surface area (Å²) in [6, 6.07) is 21.1. The number of rotatable bonds is 5. The van der Waals surface area contributed by atoms with E-state index in [1.54, 1.807) is 0 Å². The number of hydrogen-bond donors (Lipinski definition) is 1. The van der Waals surface area contributed by atoms with Crippen LogP contribution in [0.2, 0.25) is 0 Å². The average Bonchev–Trinajstić information content (AvgIpc) is 2.73. The number of nitrogens with zero attached hydrogens (tertiary/aromatic N) is 2. The molecule has 30 heavy (non-hydrogen) atoms.